The summed E-state index contributed by atoms with van der Waals surface area (Å²) >= 11 is 1.50. The summed E-state index contributed by atoms with van der Waals surface area (Å²) in [4.78, 5) is 17.0. The minimum Gasteiger partial charge on any atom is -0.302 e. The van der Waals surface area contributed by atoms with Crippen molar-refractivity contribution in [1.82, 2.24) is 4.98 Å². The van der Waals surface area contributed by atoms with Gasteiger partial charge in [0.25, 0.3) is 0 Å². The fraction of sp³-hybridized carbons (Fsp3) is 0.286. The summed E-state index contributed by atoms with van der Waals surface area (Å²) in [5.74, 6) is 0.0561. The maximum absolute atomic E-state index is 11.7. The molecule has 94 valence electrons. The number of thiazole rings is 1. The molecule has 1 aromatic carbocycles. The minimum absolute atomic E-state index is 0.0223. The second kappa shape index (κ2) is 5.78. The van der Waals surface area contributed by atoms with Crippen molar-refractivity contribution in [2.24, 2.45) is 5.92 Å². The van der Waals surface area contributed by atoms with Crippen LogP contribution in [0.2, 0.25) is 0 Å². The highest BCUT2D eigenvalue weighted by molar-refractivity contribution is 7.19. The van der Waals surface area contributed by atoms with Gasteiger partial charge in [0.2, 0.25) is 5.91 Å². The summed E-state index contributed by atoms with van der Waals surface area (Å²) in [5.41, 5.74) is 1.12. The van der Waals surface area contributed by atoms with Crippen molar-refractivity contribution in [3.05, 3.63) is 36.5 Å². The molecule has 1 unspecified atom stereocenters. The summed E-state index contributed by atoms with van der Waals surface area (Å²) in [5, 5.41) is 3.52. The van der Waals surface area contributed by atoms with E-state index >= 15 is 0 Å². The number of carbonyl (C=O) groups excluding carboxylic acids is 1. The van der Waals surface area contributed by atoms with E-state index in [4.69, 9.17) is 0 Å². The predicted octanol–water partition coefficient (Wildman–Crippen LogP) is 3.79. The highest BCUT2D eigenvalue weighted by Crippen LogP contribution is 2.28. The third kappa shape index (κ3) is 2.96. The van der Waals surface area contributed by atoms with E-state index in [9.17, 15) is 4.79 Å². The van der Waals surface area contributed by atoms with Gasteiger partial charge in [-0.05, 0) is 12.0 Å². The molecule has 0 aliphatic heterocycles. The average molecular weight is 260 g/mol. The van der Waals surface area contributed by atoms with Gasteiger partial charge in [-0.15, -0.1) is 0 Å². The lowest BCUT2D eigenvalue weighted by atomic mass is 10.1. The Balaban J connectivity index is 2.10. The first-order valence-electron chi connectivity index (χ1n) is 6.02. The first kappa shape index (κ1) is 12.8. The van der Waals surface area contributed by atoms with Gasteiger partial charge < -0.3 is 5.32 Å². The standard InChI is InChI=1S/C14H16N2OS/c1-3-10(2)13(17)16-14-15-9-12(18-14)11-7-5-4-6-8-11/h4-10H,3H2,1-2H3,(H,15,16,17). The number of amides is 1. The smallest absolute Gasteiger partial charge is 0.228 e. The van der Waals surface area contributed by atoms with Crippen molar-refractivity contribution in [1.29, 1.82) is 0 Å². The number of aromatic nitrogens is 1. The van der Waals surface area contributed by atoms with Crippen molar-refractivity contribution >= 4 is 22.4 Å². The van der Waals surface area contributed by atoms with Gasteiger partial charge in [0.15, 0.2) is 5.13 Å². The SMILES string of the molecule is CCC(C)C(=O)Nc1ncc(-c2ccccc2)s1. The molecule has 0 bridgehead atoms. The van der Waals surface area contributed by atoms with Crippen LogP contribution in [0.25, 0.3) is 10.4 Å². The van der Waals surface area contributed by atoms with E-state index in [1.54, 1.807) is 6.20 Å². The zero-order valence-corrected chi connectivity index (χ0v) is 11.3. The van der Waals surface area contributed by atoms with Gasteiger partial charge in [-0.2, -0.15) is 0 Å². The molecule has 0 saturated heterocycles. The van der Waals surface area contributed by atoms with E-state index in [0.717, 1.165) is 16.9 Å². The molecule has 0 saturated carbocycles. The summed E-state index contributed by atoms with van der Waals surface area (Å²) in [6, 6.07) is 10.0. The molecule has 0 aliphatic carbocycles. The summed E-state index contributed by atoms with van der Waals surface area (Å²) < 4.78 is 0. The molecule has 1 N–H and O–H groups in total. The Labute approximate surface area is 111 Å². The van der Waals surface area contributed by atoms with E-state index in [1.807, 2.05) is 44.2 Å². The normalized spacial score (nSPS) is 12.1. The first-order valence-corrected chi connectivity index (χ1v) is 6.84. The molecule has 2 rings (SSSR count). The Morgan fingerprint density at radius 1 is 1.39 bits per heavy atom. The van der Waals surface area contributed by atoms with Gasteiger partial charge >= 0.3 is 0 Å². The fourth-order valence-corrected chi connectivity index (χ4v) is 2.31. The van der Waals surface area contributed by atoms with E-state index in [2.05, 4.69) is 10.3 Å². The topological polar surface area (TPSA) is 42.0 Å². The number of benzene rings is 1. The lowest BCUT2D eigenvalue weighted by Crippen LogP contribution is -2.19. The van der Waals surface area contributed by atoms with Crippen LogP contribution in [0.5, 0.6) is 0 Å². The van der Waals surface area contributed by atoms with Crippen LogP contribution in [0.1, 0.15) is 20.3 Å². The van der Waals surface area contributed by atoms with Crippen molar-refractivity contribution in [3.63, 3.8) is 0 Å². The van der Waals surface area contributed by atoms with Crippen molar-refractivity contribution in [2.75, 3.05) is 5.32 Å². The molecule has 2 aromatic rings. The number of anilines is 1. The fourth-order valence-electron chi connectivity index (χ4n) is 1.48. The Kier molecular flexibility index (Phi) is 4.10. The number of nitrogens with zero attached hydrogens (tertiary/aromatic N) is 1. The summed E-state index contributed by atoms with van der Waals surface area (Å²) in [6.45, 7) is 3.92. The molecule has 1 heterocycles. The van der Waals surface area contributed by atoms with E-state index in [1.165, 1.54) is 11.3 Å². The summed E-state index contributed by atoms with van der Waals surface area (Å²) in [6.07, 6.45) is 2.63. The second-order valence-corrected chi connectivity index (χ2v) is 5.22. The minimum atomic E-state index is 0.0223. The molecule has 1 amide bonds. The molecule has 0 fully saturated rings. The monoisotopic (exact) mass is 260 g/mol. The maximum atomic E-state index is 11.7. The van der Waals surface area contributed by atoms with Gasteiger partial charge in [0, 0.05) is 12.1 Å². The van der Waals surface area contributed by atoms with Crippen LogP contribution in [-0.2, 0) is 4.79 Å². The zero-order chi connectivity index (χ0) is 13.0. The highest BCUT2D eigenvalue weighted by atomic mass is 32.1. The molecule has 1 atom stereocenters. The number of hydrogen-bond acceptors (Lipinski definition) is 3. The van der Waals surface area contributed by atoms with Crippen LogP contribution in [0, 0.1) is 5.92 Å². The third-order valence-corrected chi connectivity index (χ3v) is 3.82. The predicted molar refractivity (Wildman–Crippen MR) is 75.6 cm³/mol. The van der Waals surface area contributed by atoms with Crippen LogP contribution in [0.15, 0.2) is 36.5 Å². The first-order chi connectivity index (χ1) is 8.70. The molecular formula is C14H16N2OS. The van der Waals surface area contributed by atoms with E-state index < -0.39 is 0 Å². The molecule has 4 heteroatoms. The number of rotatable bonds is 4. The van der Waals surface area contributed by atoms with Crippen LogP contribution in [-0.4, -0.2) is 10.9 Å². The third-order valence-electron chi connectivity index (χ3n) is 2.85. The molecule has 1 aromatic heterocycles. The quantitative estimate of drug-likeness (QED) is 0.908. The lowest BCUT2D eigenvalue weighted by Gasteiger charge is -2.06. The van der Waals surface area contributed by atoms with E-state index in [-0.39, 0.29) is 11.8 Å². The zero-order valence-electron chi connectivity index (χ0n) is 10.5. The van der Waals surface area contributed by atoms with E-state index in [0.29, 0.717) is 5.13 Å². The molecule has 0 aliphatic rings. The van der Waals surface area contributed by atoms with Crippen LogP contribution < -0.4 is 5.32 Å². The van der Waals surface area contributed by atoms with Crippen LogP contribution in [0.3, 0.4) is 0 Å². The van der Waals surface area contributed by atoms with Crippen LogP contribution >= 0.6 is 11.3 Å². The van der Waals surface area contributed by atoms with Gasteiger partial charge in [0.1, 0.15) is 0 Å². The summed E-state index contributed by atoms with van der Waals surface area (Å²) in [7, 11) is 0. The maximum Gasteiger partial charge on any atom is 0.228 e. The van der Waals surface area contributed by atoms with Gasteiger partial charge in [-0.3, -0.25) is 4.79 Å². The van der Waals surface area contributed by atoms with Crippen molar-refractivity contribution in [2.45, 2.75) is 20.3 Å². The lowest BCUT2D eigenvalue weighted by molar-refractivity contribution is -0.119. The average Bonchev–Trinajstić information content (AvgIpc) is 2.87. The van der Waals surface area contributed by atoms with Crippen LogP contribution in [0.4, 0.5) is 5.13 Å². The Bertz CT molecular complexity index is 522. The molecule has 0 radical (unpaired) electrons. The van der Waals surface area contributed by atoms with Crippen molar-refractivity contribution in [3.8, 4) is 10.4 Å². The number of hydrogen-bond donors (Lipinski definition) is 1. The highest BCUT2D eigenvalue weighted by Gasteiger charge is 2.12. The van der Waals surface area contributed by atoms with Gasteiger partial charge in [-0.1, -0.05) is 55.5 Å². The molecule has 0 spiro atoms. The molecule has 3 nitrogen and oxygen atoms in total. The molecule has 18 heavy (non-hydrogen) atoms. The van der Waals surface area contributed by atoms with Crippen molar-refractivity contribution < 1.29 is 4.79 Å². The van der Waals surface area contributed by atoms with Gasteiger partial charge in [-0.25, -0.2) is 4.98 Å². The van der Waals surface area contributed by atoms with Gasteiger partial charge in [0.05, 0.1) is 4.88 Å². The number of carbonyl (C=O) groups is 1. The second-order valence-electron chi connectivity index (χ2n) is 4.19. The Morgan fingerprint density at radius 2 is 2.11 bits per heavy atom. The Hall–Kier alpha value is -1.68. The Morgan fingerprint density at radius 3 is 2.78 bits per heavy atom. The molecular weight excluding hydrogens is 244 g/mol. The largest absolute Gasteiger partial charge is 0.302 e. The number of nitrogens with one attached hydrogen (secondary N) is 1.